The van der Waals surface area contributed by atoms with Crippen molar-refractivity contribution in [2.75, 3.05) is 11.1 Å². The monoisotopic (exact) mass is 417 g/mol. The number of fused-ring (bicyclic) bond motifs is 2. The molecular weight excluding hydrogens is 394 g/mol. The van der Waals surface area contributed by atoms with E-state index in [2.05, 4.69) is 5.32 Å². The van der Waals surface area contributed by atoms with Gasteiger partial charge in [-0.3, -0.25) is 14.2 Å². The Balaban J connectivity index is 1.63. The molecule has 0 aliphatic carbocycles. The lowest BCUT2D eigenvalue weighted by atomic mass is 10.1. The summed E-state index contributed by atoms with van der Waals surface area (Å²) in [4.78, 5) is 30.3. The maximum Gasteiger partial charge on any atom is 0.262 e. The van der Waals surface area contributed by atoms with Crippen LogP contribution in [0.25, 0.3) is 21.7 Å². The largest absolute Gasteiger partial charge is 0.325 e. The standard InChI is InChI=1S/C24H23N3O2S/c1-4-27-23(29)19-12-17-7-5-6-8-18(17)13-21(19)26-24(27)30-14-22(28)25-20-11-15(2)9-10-16(20)3/h5-13H,4,14H2,1-3H3,(H,25,28). The van der Waals surface area contributed by atoms with Crippen LogP contribution < -0.4 is 10.9 Å². The molecule has 3 aromatic carbocycles. The van der Waals surface area contributed by atoms with Gasteiger partial charge in [-0.1, -0.05) is 48.2 Å². The Bertz CT molecular complexity index is 1330. The van der Waals surface area contributed by atoms with E-state index in [4.69, 9.17) is 4.98 Å². The first-order valence-electron chi connectivity index (χ1n) is 9.89. The van der Waals surface area contributed by atoms with E-state index in [-0.39, 0.29) is 17.2 Å². The maximum absolute atomic E-state index is 13.1. The van der Waals surface area contributed by atoms with Crippen LogP contribution in [0.2, 0.25) is 0 Å². The van der Waals surface area contributed by atoms with E-state index in [1.54, 1.807) is 4.57 Å². The molecule has 0 aliphatic rings. The van der Waals surface area contributed by atoms with Crippen molar-refractivity contribution in [3.05, 3.63) is 76.1 Å². The fourth-order valence-electron chi connectivity index (χ4n) is 3.46. The van der Waals surface area contributed by atoms with E-state index in [9.17, 15) is 9.59 Å². The number of aryl methyl sites for hydroxylation is 2. The summed E-state index contributed by atoms with van der Waals surface area (Å²) in [6, 6.07) is 17.7. The van der Waals surface area contributed by atoms with Crippen molar-refractivity contribution in [1.29, 1.82) is 0 Å². The SMILES string of the molecule is CCn1c(SCC(=O)Nc2cc(C)ccc2C)nc2cc3ccccc3cc2c1=O. The molecule has 0 unspecified atom stereocenters. The first kappa shape index (κ1) is 20.2. The number of aromatic nitrogens is 2. The van der Waals surface area contributed by atoms with Crippen LogP contribution in [0.4, 0.5) is 5.69 Å². The number of hydrogen-bond acceptors (Lipinski definition) is 4. The second-order valence-electron chi connectivity index (χ2n) is 7.32. The Kier molecular flexibility index (Phi) is 5.59. The molecule has 6 heteroatoms. The van der Waals surface area contributed by atoms with E-state index < -0.39 is 0 Å². The van der Waals surface area contributed by atoms with Gasteiger partial charge in [0, 0.05) is 12.2 Å². The number of hydrogen-bond donors (Lipinski definition) is 1. The van der Waals surface area contributed by atoms with Crippen molar-refractivity contribution in [2.45, 2.75) is 32.5 Å². The number of carbonyl (C=O) groups excluding carboxylic acids is 1. The molecule has 0 bridgehead atoms. The molecule has 0 fully saturated rings. The first-order valence-corrected chi connectivity index (χ1v) is 10.9. The van der Waals surface area contributed by atoms with Crippen molar-refractivity contribution in [3.8, 4) is 0 Å². The van der Waals surface area contributed by atoms with Crippen LogP contribution in [0.1, 0.15) is 18.1 Å². The molecule has 30 heavy (non-hydrogen) atoms. The molecule has 0 spiro atoms. The highest BCUT2D eigenvalue weighted by molar-refractivity contribution is 7.99. The van der Waals surface area contributed by atoms with Crippen LogP contribution in [0.15, 0.2) is 64.5 Å². The normalized spacial score (nSPS) is 11.2. The molecule has 1 N–H and O–H groups in total. The third kappa shape index (κ3) is 3.96. The quantitative estimate of drug-likeness (QED) is 0.284. The number of carbonyl (C=O) groups is 1. The van der Waals surface area contributed by atoms with Crippen LogP contribution >= 0.6 is 11.8 Å². The van der Waals surface area contributed by atoms with Crippen LogP contribution in [0, 0.1) is 13.8 Å². The molecular formula is C24H23N3O2S. The third-order valence-corrected chi connectivity index (χ3v) is 6.08. The van der Waals surface area contributed by atoms with Gasteiger partial charge in [-0.15, -0.1) is 0 Å². The molecule has 1 heterocycles. The summed E-state index contributed by atoms with van der Waals surface area (Å²) in [5.74, 6) is 0.0584. The average Bonchev–Trinajstić information content (AvgIpc) is 2.74. The molecule has 152 valence electrons. The second-order valence-corrected chi connectivity index (χ2v) is 8.26. The highest BCUT2D eigenvalue weighted by Crippen LogP contribution is 2.23. The molecule has 0 saturated carbocycles. The number of nitrogens with zero attached hydrogens (tertiary/aromatic N) is 2. The molecule has 0 aliphatic heterocycles. The van der Waals surface area contributed by atoms with Gasteiger partial charge in [0.15, 0.2) is 5.16 Å². The summed E-state index contributed by atoms with van der Waals surface area (Å²) < 4.78 is 1.63. The number of nitrogens with one attached hydrogen (secondary N) is 1. The van der Waals surface area contributed by atoms with Gasteiger partial charge in [0.05, 0.1) is 16.7 Å². The van der Waals surface area contributed by atoms with E-state index in [0.717, 1.165) is 27.6 Å². The Morgan fingerprint density at radius 2 is 1.80 bits per heavy atom. The van der Waals surface area contributed by atoms with E-state index >= 15 is 0 Å². The van der Waals surface area contributed by atoms with Gasteiger partial charge in [0.2, 0.25) is 5.91 Å². The van der Waals surface area contributed by atoms with Crippen LogP contribution in [0.5, 0.6) is 0 Å². The summed E-state index contributed by atoms with van der Waals surface area (Å²) in [5.41, 5.74) is 3.49. The zero-order valence-electron chi connectivity index (χ0n) is 17.2. The molecule has 1 aromatic heterocycles. The fraction of sp³-hybridized carbons (Fsp3) is 0.208. The van der Waals surface area contributed by atoms with Crippen molar-refractivity contribution in [3.63, 3.8) is 0 Å². The summed E-state index contributed by atoms with van der Waals surface area (Å²) in [5, 5.41) is 6.16. The Morgan fingerprint density at radius 1 is 1.07 bits per heavy atom. The van der Waals surface area contributed by atoms with Crippen molar-refractivity contribution < 1.29 is 4.79 Å². The van der Waals surface area contributed by atoms with Gasteiger partial charge in [0.25, 0.3) is 5.56 Å². The summed E-state index contributed by atoms with van der Waals surface area (Å²) in [7, 11) is 0. The van der Waals surface area contributed by atoms with Crippen molar-refractivity contribution in [2.24, 2.45) is 0 Å². The number of rotatable bonds is 5. The highest BCUT2D eigenvalue weighted by Gasteiger charge is 2.14. The van der Waals surface area contributed by atoms with Gasteiger partial charge < -0.3 is 5.32 Å². The molecule has 1 amide bonds. The minimum Gasteiger partial charge on any atom is -0.325 e. The van der Waals surface area contributed by atoms with Crippen LogP contribution in [0.3, 0.4) is 0 Å². The van der Waals surface area contributed by atoms with Gasteiger partial charge >= 0.3 is 0 Å². The number of benzene rings is 3. The van der Waals surface area contributed by atoms with Gasteiger partial charge in [-0.2, -0.15) is 0 Å². The lowest BCUT2D eigenvalue weighted by Gasteiger charge is -2.13. The zero-order valence-corrected chi connectivity index (χ0v) is 18.0. The summed E-state index contributed by atoms with van der Waals surface area (Å²) in [6.07, 6.45) is 0. The smallest absolute Gasteiger partial charge is 0.262 e. The van der Waals surface area contributed by atoms with Gasteiger partial charge in [-0.25, -0.2) is 4.98 Å². The third-order valence-electron chi connectivity index (χ3n) is 5.10. The van der Waals surface area contributed by atoms with Crippen molar-refractivity contribution in [1.82, 2.24) is 9.55 Å². The molecule has 0 radical (unpaired) electrons. The van der Waals surface area contributed by atoms with Crippen LogP contribution in [-0.4, -0.2) is 21.2 Å². The molecule has 4 aromatic rings. The van der Waals surface area contributed by atoms with Crippen molar-refractivity contribution >= 4 is 45.0 Å². The predicted molar refractivity (Wildman–Crippen MR) is 124 cm³/mol. The number of thioether (sulfide) groups is 1. The topological polar surface area (TPSA) is 64.0 Å². The minimum absolute atomic E-state index is 0.0781. The molecule has 4 rings (SSSR count). The van der Waals surface area contributed by atoms with E-state index in [1.807, 2.05) is 75.4 Å². The fourth-order valence-corrected chi connectivity index (χ4v) is 4.33. The number of amides is 1. The average molecular weight is 418 g/mol. The second kappa shape index (κ2) is 8.32. The van der Waals surface area contributed by atoms with Gasteiger partial charge in [0.1, 0.15) is 0 Å². The zero-order chi connectivity index (χ0) is 21.3. The van der Waals surface area contributed by atoms with Crippen LogP contribution in [-0.2, 0) is 11.3 Å². The molecule has 0 saturated heterocycles. The Hall–Kier alpha value is -3.12. The predicted octanol–water partition coefficient (Wildman–Crippen LogP) is 4.92. The summed E-state index contributed by atoms with van der Waals surface area (Å²) >= 11 is 1.28. The Morgan fingerprint density at radius 3 is 2.53 bits per heavy atom. The molecule has 0 atom stereocenters. The summed E-state index contributed by atoms with van der Waals surface area (Å²) in [6.45, 7) is 6.37. The minimum atomic E-state index is -0.121. The van der Waals surface area contributed by atoms with E-state index in [0.29, 0.717) is 22.6 Å². The maximum atomic E-state index is 13.1. The number of anilines is 1. The lowest BCUT2D eigenvalue weighted by molar-refractivity contribution is -0.113. The molecule has 5 nitrogen and oxygen atoms in total. The highest BCUT2D eigenvalue weighted by atomic mass is 32.2. The lowest BCUT2D eigenvalue weighted by Crippen LogP contribution is -2.23. The van der Waals surface area contributed by atoms with E-state index in [1.165, 1.54) is 11.8 Å². The first-order chi connectivity index (χ1) is 14.5. The van der Waals surface area contributed by atoms with Gasteiger partial charge in [-0.05, 0) is 60.9 Å². The Labute approximate surface area is 179 Å².